The predicted molar refractivity (Wildman–Crippen MR) is 79.7 cm³/mol. The number of ether oxygens (including phenoxy) is 1. The lowest BCUT2D eigenvalue weighted by Crippen LogP contribution is -2.66. The molecule has 2 heterocycles. The van der Waals surface area contributed by atoms with Gasteiger partial charge in [0.2, 0.25) is 0 Å². The molecule has 0 amide bonds. The van der Waals surface area contributed by atoms with Crippen LogP contribution < -0.4 is 4.90 Å². The minimum absolute atomic E-state index is 0.0166. The first-order valence-corrected chi connectivity index (χ1v) is 7.36. The summed E-state index contributed by atoms with van der Waals surface area (Å²) in [5, 5.41) is 11.1. The Hall–Kier alpha value is -1.40. The summed E-state index contributed by atoms with van der Waals surface area (Å²) in [5.41, 5.74) is -0.0741. The second-order valence-corrected chi connectivity index (χ2v) is 6.78. The first-order chi connectivity index (χ1) is 9.84. The molecule has 1 saturated carbocycles. The van der Waals surface area contributed by atoms with E-state index in [0.29, 0.717) is 16.8 Å². The van der Waals surface area contributed by atoms with E-state index in [1.165, 1.54) is 12.3 Å². The maximum atomic E-state index is 10.8. The third-order valence-corrected chi connectivity index (χ3v) is 5.09. The summed E-state index contributed by atoms with van der Waals surface area (Å²) in [6.07, 6.45) is 2.57. The van der Waals surface area contributed by atoms with Crippen LogP contribution in [0.5, 0.6) is 0 Å². The summed E-state index contributed by atoms with van der Waals surface area (Å²) in [5.74, 6) is 1.06. The number of anilines is 1. The lowest BCUT2D eigenvalue weighted by Gasteiger charge is -2.58. The summed E-state index contributed by atoms with van der Waals surface area (Å²) < 4.78 is 5.79. The lowest BCUT2D eigenvalue weighted by atomic mass is 9.57. The normalized spacial score (nSPS) is 29.6. The van der Waals surface area contributed by atoms with Crippen LogP contribution in [0.15, 0.2) is 12.3 Å². The van der Waals surface area contributed by atoms with Gasteiger partial charge in [0.15, 0.2) is 0 Å². The monoisotopic (exact) mass is 311 g/mol. The van der Waals surface area contributed by atoms with Gasteiger partial charge in [-0.05, 0) is 6.42 Å². The molecule has 0 aromatic carbocycles. The Kier molecular flexibility index (Phi) is 3.33. The average molecular weight is 312 g/mol. The van der Waals surface area contributed by atoms with Crippen LogP contribution in [-0.2, 0) is 4.74 Å². The van der Waals surface area contributed by atoms with Gasteiger partial charge >= 0.3 is 0 Å². The summed E-state index contributed by atoms with van der Waals surface area (Å²) >= 11 is 6.19. The first kappa shape index (κ1) is 14.5. The lowest BCUT2D eigenvalue weighted by molar-refractivity contribution is -0.385. The van der Waals surface area contributed by atoms with Crippen molar-refractivity contribution < 1.29 is 9.66 Å². The van der Waals surface area contributed by atoms with Crippen molar-refractivity contribution in [2.45, 2.75) is 32.4 Å². The molecule has 6 nitrogen and oxygen atoms in total. The molecule has 3 unspecified atom stereocenters. The van der Waals surface area contributed by atoms with Crippen LogP contribution in [0.1, 0.15) is 20.3 Å². The highest BCUT2D eigenvalue weighted by molar-refractivity contribution is 6.33. The fourth-order valence-electron chi connectivity index (χ4n) is 4.00. The highest BCUT2D eigenvalue weighted by atomic mass is 35.5. The molecule has 1 aliphatic heterocycles. The third-order valence-electron chi connectivity index (χ3n) is 4.81. The van der Waals surface area contributed by atoms with Gasteiger partial charge in [0.25, 0.3) is 5.69 Å². The Morgan fingerprint density at radius 1 is 1.57 bits per heavy atom. The number of nitrogens with zero attached hydrogens (tertiary/aromatic N) is 3. The fraction of sp³-hybridized carbons (Fsp3) is 0.643. The van der Waals surface area contributed by atoms with Crippen LogP contribution in [0.2, 0.25) is 5.02 Å². The first-order valence-electron chi connectivity index (χ1n) is 6.98. The largest absolute Gasteiger partial charge is 0.377 e. The van der Waals surface area contributed by atoms with E-state index in [4.69, 9.17) is 16.3 Å². The summed E-state index contributed by atoms with van der Waals surface area (Å²) in [4.78, 5) is 16.5. The molecule has 2 aliphatic rings. The van der Waals surface area contributed by atoms with Crippen LogP contribution in [0.4, 0.5) is 11.5 Å². The third kappa shape index (κ3) is 2.08. The zero-order chi connectivity index (χ0) is 15.4. The van der Waals surface area contributed by atoms with Crippen molar-refractivity contribution >= 4 is 23.1 Å². The highest BCUT2D eigenvalue weighted by Crippen LogP contribution is 2.55. The van der Waals surface area contributed by atoms with Gasteiger partial charge in [0, 0.05) is 37.1 Å². The SMILES string of the molecule is CN(c1ncc([N+](=O)[O-])cc1Cl)C1C2CCOC2C1(C)C. The van der Waals surface area contributed by atoms with E-state index < -0.39 is 4.92 Å². The minimum atomic E-state index is -0.489. The maximum absolute atomic E-state index is 10.8. The Morgan fingerprint density at radius 3 is 2.90 bits per heavy atom. The average Bonchev–Trinajstić information content (AvgIpc) is 2.84. The van der Waals surface area contributed by atoms with E-state index in [9.17, 15) is 10.1 Å². The van der Waals surface area contributed by atoms with Gasteiger partial charge in [-0.2, -0.15) is 0 Å². The van der Waals surface area contributed by atoms with Gasteiger partial charge in [-0.3, -0.25) is 10.1 Å². The number of halogens is 1. The Morgan fingerprint density at radius 2 is 2.29 bits per heavy atom. The number of aromatic nitrogens is 1. The quantitative estimate of drug-likeness (QED) is 0.634. The van der Waals surface area contributed by atoms with Crippen molar-refractivity contribution in [3.8, 4) is 0 Å². The highest BCUT2D eigenvalue weighted by Gasteiger charge is 2.61. The van der Waals surface area contributed by atoms with Gasteiger partial charge in [-0.25, -0.2) is 4.98 Å². The zero-order valence-electron chi connectivity index (χ0n) is 12.2. The van der Waals surface area contributed by atoms with Crippen LogP contribution >= 0.6 is 11.6 Å². The molecule has 114 valence electrons. The number of nitro groups is 1. The van der Waals surface area contributed by atoms with E-state index in [1.54, 1.807) is 0 Å². The fourth-order valence-corrected chi connectivity index (χ4v) is 4.29. The molecule has 7 heteroatoms. The molecule has 1 aromatic heterocycles. The van der Waals surface area contributed by atoms with Crippen molar-refractivity contribution in [1.82, 2.24) is 4.98 Å². The smallest absolute Gasteiger partial charge is 0.289 e. The van der Waals surface area contributed by atoms with E-state index in [2.05, 4.69) is 18.8 Å². The van der Waals surface area contributed by atoms with E-state index in [0.717, 1.165) is 13.0 Å². The molecule has 3 atom stereocenters. The molecular formula is C14H18ClN3O3. The Balaban J connectivity index is 1.89. The number of hydrogen-bond acceptors (Lipinski definition) is 5. The van der Waals surface area contributed by atoms with Crippen molar-refractivity contribution in [1.29, 1.82) is 0 Å². The van der Waals surface area contributed by atoms with Gasteiger partial charge < -0.3 is 9.64 Å². The second kappa shape index (κ2) is 4.81. The van der Waals surface area contributed by atoms with E-state index >= 15 is 0 Å². The molecule has 0 bridgehead atoms. The van der Waals surface area contributed by atoms with Crippen LogP contribution in [-0.4, -0.2) is 35.7 Å². The van der Waals surface area contributed by atoms with Crippen molar-refractivity contribution in [3.05, 3.63) is 27.4 Å². The van der Waals surface area contributed by atoms with Gasteiger partial charge in [-0.1, -0.05) is 25.4 Å². The molecule has 0 N–H and O–H groups in total. The Bertz CT molecular complexity index is 593. The summed E-state index contributed by atoms with van der Waals surface area (Å²) in [7, 11) is 1.95. The molecule has 1 aliphatic carbocycles. The predicted octanol–water partition coefficient (Wildman–Crippen LogP) is 2.89. The minimum Gasteiger partial charge on any atom is -0.377 e. The van der Waals surface area contributed by atoms with E-state index in [1.807, 2.05) is 11.9 Å². The molecule has 1 saturated heterocycles. The number of fused-ring (bicyclic) bond motifs is 1. The summed E-state index contributed by atoms with van der Waals surface area (Å²) in [6.45, 7) is 5.16. The molecule has 21 heavy (non-hydrogen) atoms. The van der Waals surface area contributed by atoms with Gasteiger partial charge in [0.1, 0.15) is 12.0 Å². The van der Waals surface area contributed by atoms with Gasteiger partial charge in [0.05, 0.1) is 16.0 Å². The zero-order valence-corrected chi connectivity index (χ0v) is 13.0. The summed E-state index contributed by atoms with van der Waals surface area (Å²) in [6, 6.07) is 1.63. The maximum Gasteiger partial charge on any atom is 0.289 e. The number of rotatable bonds is 3. The second-order valence-electron chi connectivity index (χ2n) is 6.38. The van der Waals surface area contributed by atoms with Crippen molar-refractivity contribution in [3.63, 3.8) is 0 Å². The molecule has 0 spiro atoms. The molecule has 1 aromatic rings. The number of pyridine rings is 1. The standard InChI is InChI=1S/C14H18ClN3O3/c1-14(2)11(9-4-5-21-12(9)14)17(3)13-10(15)6-8(7-16-13)18(19)20/h6-7,9,11-12H,4-5H2,1-3H3. The van der Waals surface area contributed by atoms with Crippen LogP contribution in [0.25, 0.3) is 0 Å². The van der Waals surface area contributed by atoms with Gasteiger partial charge in [-0.15, -0.1) is 0 Å². The molecule has 0 radical (unpaired) electrons. The van der Waals surface area contributed by atoms with Crippen molar-refractivity contribution in [2.24, 2.45) is 11.3 Å². The molecular weight excluding hydrogens is 294 g/mol. The van der Waals surface area contributed by atoms with Crippen LogP contribution in [0, 0.1) is 21.4 Å². The topological polar surface area (TPSA) is 68.5 Å². The Labute approximate surface area is 128 Å². The van der Waals surface area contributed by atoms with Crippen molar-refractivity contribution in [2.75, 3.05) is 18.6 Å². The molecule has 3 rings (SSSR count). The van der Waals surface area contributed by atoms with E-state index in [-0.39, 0.29) is 23.2 Å². The molecule has 2 fully saturated rings. The van der Waals surface area contributed by atoms with Crippen LogP contribution in [0.3, 0.4) is 0 Å². The number of hydrogen-bond donors (Lipinski definition) is 0.